The zero-order valence-electron chi connectivity index (χ0n) is 23.7. The molecule has 196 valence electrons. The van der Waals surface area contributed by atoms with Crippen molar-refractivity contribution in [2.24, 2.45) is 0 Å². The Morgan fingerprint density at radius 2 is 1.51 bits per heavy atom. The molecule has 1 heterocycles. The normalized spacial score (nSPS) is 20.0. The summed E-state index contributed by atoms with van der Waals surface area (Å²) in [5.41, 5.74) is 12.0. The molecule has 0 N–H and O–H groups in total. The molecule has 3 unspecified atom stereocenters. The van der Waals surface area contributed by atoms with E-state index in [-0.39, 0.29) is 0 Å². The molecular formula is C37H40HfSi. The minimum absolute atomic E-state index is 0.543. The Morgan fingerprint density at radius 3 is 2.23 bits per heavy atom. The monoisotopic (exact) mass is 692 g/mol. The topological polar surface area (TPSA) is 0 Å². The van der Waals surface area contributed by atoms with E-state index in [4.69, 9.17) is 0 Å². The van der Waals surface area contributed by atoms with Crippen LogP contribution in [0.25, 0.3) is 34.1 Å². The van der Waals surface area contributed by atoms with Gasteiger partial charge in [-0.15, -0.1) is 0 Å². The van der Waals surface area contributed by atoms with Crippen LogP contribution in [0.15, 0.2) is 96.1 Å². The van der Waals surface area contributed by atoms with E-state index >= 15 is 0 Å². The van der Waals surface area contributed by atoms with Crippen LogP contribution in [-0.2, 0) is 22.9 Å². The molecule has 0 aromatic heterocycles. The summed E-state index contributed by atoms with van der Waals surface area (Å²) < 4.78 is 3.33. The summed E-state index contributed by atoms with van der Waals surface area (Å²) in [5.74, 6) is 1.11. The van der Waals surface area contributed by atoms with E-state index < -0.39 is 22.9 Å². The third kappa shape index (κ3) is 5.16. The molecule has 7 rings (SSSR count). The fourth-order valence-corrected chi connectivity index (χ4v) is 14.5. The fourth-order valence-electron chi connectivity index (χ4n) is 7.30. The van der Waals surface area contributed by atoms with E-state index in [1.54, 1.807) is 47.2 Å². The van der Waals surface area contributed by atoms with Gasteiger partial charge in [-0.2, -0.15) is 0 Å². The molecule has 2 aliphatic carbocycles. The Kier molecular flexibility index (Phi) is 8.32. The zero-order chi connectivity index (χ0) is 26.8. The first-order valence-electron chi connectivity index (χ1n) is 15.0. The van der Waals surface area contributed by atoms with Crippen molar-refractivity contribution in [2.75, 3.05) is 0 Å². The predicted octanol–water partition coefficient (Wildman–Crippen LogP) is 10.3. The van der Waals surface area contributed by atoms with Gasteiger partial charge in [-0.05, 0) is 0 Å². The van der Waals surface area contributed by atoms with Crippen LogP contribution in [0.2, 0.25) is 20.4 Å². The van der Waals surface area contributed by atoms with Gasteiger partial charge in [0.2, 0.25) is 0 Å². The van der Waals surface area contributed by atoms with Crippen LogP contribution >= 0.6 is 0 Å². The van der Waals surface area contributed by atoms with E-state index in [9.17, 15) is 0 Å². The molecule has 0 bridgehead atoms. The van der Waals surface area contributed by atoms with Gasteiger partial charge in [0.15, 0.2) is 0 Å². The molecule has 3 atom stereocenters. The minimum atomic E-state index is -0.874. The number of hydrogen-bond acceptors (Lipinski definition) is 0. The molecule has 0 amide bonds. The Hall–Kier alpha value is -2.29. The Bertz CT molecular complexity index is 1520. The maximum atomic E-state index is 2.59. The quantitative estimate of drug-likeness (QED) is 0.183. The van der Waals surface area contributed by atoms with Crippen LogP contribution in [0.4, 0.5) is 0 Å². The van der Waals surface area contributed by atoms with E-state index in [0.717, 1.165) is 10.1 Å². The third-order valence-electron chi connectivity index (χ3n) is 9.20. The SMILES string of the molecule is C1CC[SiH2]C1.CCC1=Cc2c(ccc3ccccc23)C1[CH]([Hf][CH3])C1C(C)=Cc2c(-c3ccccc3)cccc21. The molecular weight excluding hydrogens is 651 g/mol. The second-order valence-electron chi connectivity index (χ2n) is 11.5. The summed E-state index contributed by atoms with van der Waals surface area (Å²) in [4.78, 5) is 0. The van der Waals surface area contributed by atoms with Crippen molar-refractivity contribution in [1.29, 1.82) is 0 Å². The average Bonchev–Trinajstić information content (AvgIpc) is 3.75. The molecule has 3 aliphatic rings. The second-order valence-corrected chi connectivity index (χ2v) is 18.1. The molecule has 1 fully saturated rings. The molecule has 0 radical (unpaired) electrons. The Labute approximate surface area is 248 Å². The average molecular weight is 691 g/mol. The van der Waals surface area contributed by atoms with Crippen molar-refractivity contribution in [3.63, 3.8) is 0 Å². The summed E-state index contributed by atoms with van der Waals surface area (Å²) in [6.45, 7) is 4.74. The van der Waals surface area contributed by atoms with Gasteiger partial charge >= 0.3 is 216 Å². The van der Waals surface area contributed by atoms with Crippen molar-refractivity contribution >= 4 is 32.4 Å². The molecule has 1 aliphatic heterocycles. The van der Waals surface area contributed by atoms with Crippen molar-refractivity contribution < 1.29 is 22.9 Å². The van der Waals surface area contributed by atoms with Crippen LogP contribution in [0.5, 0.6) is 0 Å². The van der Waals surface area contributed by atoms with Gasteiger partial charge in [0, 0.05) is 9.52 Å². The van der Waals surface area contributed by atoms with Crippen molar-refractivity contribution in [1.82, 2.24) is 0 Å². The van der Waals surface area contributed by atoms with E-state index in [1.807, 2.05) is 0 Å². The number of allylic oxidation sites excluding steroid dienone is 2. The van der Waals surface area contributed by atoms with Gasteiger partial charge in [-0.3, -0.25) is 0 Å². The van der Waals surface area contributed by atoms with Gasteiger partial charge in [0.25, 0.3) is 0 Å². The second kappa shape index (κ2) is 12.1. The fraction of sp³-hybridized carbons (Fsp3) is 0.297. The van der Waals surface area contributed by atoms with Crippen LogP contribution in [0, 0.1) is 0 Å². The first-order chi connectivity index (χ1) is 19.2. The molecule has 0 spiro atoms. The van der Waals surface area contributed by atoms with Crippen molar-refractivity contribution in [3.05, 3.63) is 118 Å². The Balaban J connectivity index is 0.000000500. The summed E-state index contributed by atoms with van der Waals surface area (Å²) >= 11 is -0.874. The molecule has 2 heteroatoms. The molecule has 1 saturated heterocycles. The number of benzene rings is 4. The van der Waals surface area contributed by atoms with E-state index in [1.165, 1.54) is 33.0 Å². The molecule has 0 saturated carbocycles. The molecule has 4 aromatic rings. The zero-order valence-corrected chi connectivity index (χ0v) is 28.7. The summed E-state index contributed by atoms with van der Waals surface area (Å²) in [5, 5.41) is 2.78. The first-order valence-corrected chi connectivity index (χ1v) is 22.6. The van der Waals surface area contributed by atoms with Crippen LogP contribution in [-0.4, -0.2) is 9.52 Å². The van der Waals surface area contributed by atoms with Gasteiger partial charge in [-0.25, -0.2) is 0 Å². The summed E-state index contributed by atoms with van der Waals surface area (Å²) in [6, 6.07) is 34.9. The van der Waals surface area contributed by atoms with E-state index in [2.05, 4.69) is 116 Å². The summed E-state index contributed by atoms with van der Waals surface area (Å²) in [7, 11) is 0.543. The van der Waals surface area contributed by atoms with E-state index in [0.29, 0.717) is 21.4 Å². The van der Waals surface area contributed by atoms with Gasteiger partial charge < -0.3 is 0 Å². The van der Waals surface area contributed by atoms with Gasteiger partial charge in [0.1, 0.15) is 0 Å². The molecule has 39 heavy (non-hydrogen) atoms. The van der Waals surface area contributed by atoms with Crippen molar-refractivity contribution in [2.45, 2.75) is 65.4 Å². The van der Waals surface area contributed by atoms with Crippen molar-refractivity contribution in [3.8, 4) is 11.1 Å². The number of hydrogen-bond donors (Lipinski definition) is 0. The molecule has 0 nitrogen and oxygen atoms in total. The predicted molar refractivity (Wildman–Crippen MR) is 170 cm³/mol. The first kappa shape index (κ1) is 26.9. The Morgan fingerprint density at radius 1 is 0.769 bits per heavy atom. The molecule has 4 aromatic carbocycles. The van der Waals surface area contributed by atoms with Crippen LogP contribution < -0.4 is 0 Å². The van der Waals surface area contributed by atoms with Crippen LogP contribution in [0.3, 0.4) is 0 Å². The van der Waals surface area contributed by atoms with Gasteiger partial charge in [0.05, 0.1) is 0 Å². The van der Waals surface area contributed by atoms with Crippen LogP contribution in [0.1, 0.15) is 67.2 Å². The summed E-state index contributed by atoms with van der Waals surface area (Å²) in [6.07, 6.45) is 9.31. The third-order valence-corrected chi connectivity index (χ3v) is 16.0. The van der Waals surface area contributed by atoms with Gasteiger partial charge in [-0.1, -0.05) is 24.9 Å². The number of fused-ring (bicyclic) bond motifs is 4. The standard InChI is InChI=1S/C32H27.C4H10Si.CH3.Hf/c1-3-22-19-32-25-13-8-7-12-24(25)16-17-28(32)30(22)20-29-21(2)18-31-26(14-9-15-27(29)31)23-10-5-4-6-11-23;1-2-4-5-3-1;;/h4-20,29-30H,3H2,1-2H3;1-5H2;1H3;. The maximum absolute atomic E-state index is 2.59. The number of rotatable bonds is 5.